The van der Waals surface area contributed by atoms with Crippen molar-refractivity contribution in [1.82, 2.24) is 4.98 Å². The maximum atomic E-state index is 8.44. The molecule has 6 heteroatoms. The topological polar surface area (TPSA) is 43.4 Å². The molecule has 0 spiro atoms. The first-order chi connectivity index (χ1) is 33.0. The fourth-order valence-electron chi connectivity index (χ4n) is 9.64. The summed E-state index contributed by atoms with van der Waals surface area (Å²) in [6.45, 7) is 10.8. The number of hydrogen-bond acceptors (Lipinski definition) is 3. The molecule has 9 aromatic carbocycles. The number of hydrogen-bond donors (Lipinski definition) is 0. The van der Waals surface area contributed by atoms with E-state index >= 15 is 0 Å². The molecule has 332 valence electrons. The number of rotatable bonds is 7. The van der Waals surface area contributed by atoms with Crippen molar-refractivity contribution in [2.24, 2.45) is 0 Å². The van der Waals surface area contributed by atoms with Crippen LogP contribution in [0.1, 0.15) is 38.4 Å². The summed E-state index contributed by atoms with van der Waals surface area (Å²) in [5, 5.41) is 13.8. The van der Waals surface area contributed by atoms with E-state index in [1.165, 1.54) is 26.9 Å². The molecule has 4 nitrogen and oxygen atoms in total. The van der Waals surface area contributed by atoms with Gasteiger partial charge in [0.2, 0.25) is 0 Å². The van der Waals surface area contributed by atoms with Crippen molar-refractivity contribution < 1.29 is 25.9 Å². The van der Waals surface area contributed by atoms with Crippen LogP contribution in [0.5, 0.6) is 0 Å². The Morgan fingerprint density at radius 2 is 1.35 bits per heavy atom. The minimum absolute atomic E-state index is 0. The number of benzene rings is 9. The summed E-state index contributed by atoms with van der Waals surface area (Å²) in [6, 6.07) is 74.6. The first-order valence-corrected chi connectivity index (χ1v) is 26.5. The molecule has 3 heterocycles. The molecule has 0 fully saturated rings. The van der Waals surface area contributed by atoms with E-state index in [0.717, 1.165) is 83.5 Å². The van der Waals surface area contributed by atoms with E-state index in [4.69, 9.17) is 11.1 Å². The number of pyridine rings is 1. The Hall–Kier alpha value is -7.08. The SMILES string of the molecule is [2H]C(C)(C)c1cc(-c2[c-]cccc2)ncc1[Si](C)(C)C.[Ir+3].[c-]1cc(-c2ccccc2)c2c(oc3ccccc32)c1C1[N-]c2c(ccc3c2ccc2ccccc23)N1c1cccc(-c2ccccc2)c1. The van der Waals surface area contributed by atoms with Crippen molar-refractivity contribution in [1.29, 1.82) is 0 Å². The Morgan fingerprint density at radius 1 is 0.662 bits per heavy atom. The number of nitrogens with zero attached hydrogens (tertiary/aromatic N) is 3. The number of fused-ring (bicyclic) bond motifs is 8. The molecule has 1 atom stereocenters. The Morgan fingerprint density at radius 3 is 2.10 bits per heavy atom. The minimum Gasteiger partial charge on any atom is -0.660 e. The molecule has 0 N–H and O–H groups in total. The normalized spacial score (nSPS) is 13.7. The Bertz CT molecular complexity index is 3640. The molecule has 1 aliphatic rings. The monoisotopic (exact) mass is 1070 g/mol. The maximum Gasteiger partial charge on any atom is 3.00 e. The third-order valence-corrected chi connectivity index (χ3v) is 14.9. The van der Waals surface area contributed by atoms with Gasteiger partial charge in [0, 0.05) is 29.9 Å². The third kappa shape index (κ3) is 8.23. The number of para-hydroxylation sites is 1. The summed E-state index contributed by atoms with van der Waals surface area (Å²) in [5.74, 6) is -0.609. The third-order valence-electron chi connectivity index (χ3n) is 12.9. The zero-order valence-electron chi connectivity index (χ0n) is 39.7. The van der Waals surface area contributed by atoms with Crippen LogP contribution < -0.4 is 10.1 Å². The molecule has 68 heavy (non-hydrogen) atoms. The molecule has 0 saturated heterocycles. The zero-order chi connectivity index (χ0) is 46.6. The van der Waals surface area contributed by atoms with Crippen molar-refractivity contribution in [3.05, 3.63) is 229 Å². The molecule has 0 saturated carbocycles. The van der Waals surface area contributed by atoms with Gasteiger partial charge in [0.25, 0.3) is 0 Å². The first-order valence-electron chi connectivity index (χ1n) is 23.5. The first kappa shape index (κ1) is 43.5. The summed E-state index contributed by atoms with van der Waals surface area (Å²) in [7, 11) is -1.50. The Kier molecular flexibility index (Phi) is 11.9. The van der Waals surface area contributed by atoms with E-state index in [1.807, 2.05) is 56.4 Å². The van der Waals surface area contributed by atoms with Crippen LogP contribution in [0.15, 0.2) is 205 Å². The standard InChI is InChI=1S/C45H28N2O.C17H22NSi.Ir/c1-3-12-29(13-4-1)32-17-11-18-33(28-32)47-40-27-26-36-34-19-8-7-16-31(34)22-23-37(36)43(40)46-45(47)39-25-24-35(30-14-5-2-6-15-30)42-38-20-9-10-21-41(38)48-44(39)42;1-13(2)15-11-16(14-9-7-6-8-10-14)18-12-17(15)19(3,4)5;/h1-24,26-28,45H;6-9,11-13H,1-5H3;/q-2;-1;+3/i;13D;. The molecule has 11 aromatic rings. The quantitative estimate of drug-likeness (QED) is 0.0907. The molecule has 1 unspecified atom stereocenters. The van der Waals surface area contributed by atoms with Gasteiger partial charge >= 0.3 is 20.1 Å². The van der Waals surface area contributed by atoms with E-state index in [1.54, 1.807) is 0 Å². The van der Waals surface area contributed by atoms with Crippen LogP contribution in [0.3, 0.4) is 0 Å². The van der Waals surface area contributed by atoms with Crippen LogP contribution >= 0.6 is 0 Å². The van der Waals surface area contributed by atoms with Gasteiger partial charge in [-0.25, -0.2) is 0 Å². The number of furan rings is 1. The van der Waals surface area contributed by atoms with Gasteiger partial charge in [0.1, 0.15) is 5.58 Å². The molecule has 0 amide bonds. The van der Waals surface area contributed by atoms with Gasteiger partial charge in [-0.3, -0.25) is 0 Å². The van der Waals surface area contributed by atoms with E-state index in [9.17, 15) is 0 Å². The fraction of sp³-hybridized carbons (Fsp3) is 0.113. The molecule has 0 aliphatic carbocycles. The van der Waals surface area contributed by atoms with Gasteiger partial charge in [-0.15, -0.1) is 52.7 Å². The second-order valence-corrected chi connectivity index (χ2v) is 23.6. The molecule has 0 radical (unpaired) electrons. The molecular weight excluding hydrogens is 1020 g/mol. The van der Waals surface area contributed by atoms with Gasteiger partial charge in [-0.2, -0.15) is 12.1 Å². The van der Waals surface area contributed by atoms with Crippen molar-refractivity contribution in [3.8, 4) is 33.5 Å². The smallest absolute Gasteiger partial charge is 0.660 e. The van der Waals surface area contributed by atoms with Crippen molar-refractivity contribution in [3.63, 3.8) is 0 Å². The Balaban J connectivity index is 0.000000223. The maximum absolute atomic E-state index is 8.44. The van der Waals surface area contributed by atoms with E-state index in [-0.39, 0.29) is 20.1 Å². The average Bonchev–Trinajstić information content (AvgIpc) is 3.96. The van der Waals surface area contributed by atoms with Crippen LogP contribution in [0.25, 0.3) is 82.3 Å². The predicted octanol–water partition coefficient (Wildman–Crippen LogP) is 17.1. The molecule has 1 aliphatic heterocycles. The van der Waals surface area contributed by atoms with Crippen molar-refractivity contribution in [2.45, 2.75) is 45.5 Å². The van der Waals surface area contributed by atoms with Crippen molar-refractivity contribution in [2.75, 3.05) is 4.90 Å². The molecule has 2 aromatic heterocycles. The van der Waals surface area contributed by atoms with Crippen LogP contribution in [0.4, 0.5) is 17.1 Å². The summed E-state index contributed by atoms with van der Waals surface area (Å²) in [6.07, 6.45) is 1.59. The summed E-state index contributed by atoms with van der Waals surface area (Å²) >= 11 is 0. The molecule has 0 bridgehead atoms. The summed E-state index contributed by atoms with van der Waals surface area (Å²) in [5.41, 5.74) is 13.3. The van der Waals surface area contributed by atoms with Gasteiger partial charge < -0.3 is 19.6 Å². The minimum atomic E-state index is -1.50. The Labute approximate surface area is 415 Å². The second-order valence-electron chi connectivity index (χ2n) is 18.5. The largest absolute Gasteiger partial charge is 3.00 e. The van der Waals surface area contributed by atoms with Gasteiger partial charge in [0.05, 0.1) is 8.07 Å². The predicted molar refractivity (Wildman–Crippen MR) is 285 cm³/mol. The van der Waals surface area contributed by atoms with Crippen LogP contribution in [-0.2, 0) is 20.1 Å². The van der Waals surface area contributed by atoms with Crippen LogP contribution in [0.2, 0.25) is 19.6 Å². The van der Waals surface area contributed by atoms with Gasteiger partial charge in [0.15, 0.2) is 0 Å². The average molecular weight is 1070 g/mol. The molecule has 12 rings (SSSR count). The zero-order valence-corrected chi connectivity index (χ0v) is 42.1. The van der Waals surface area contributed by atoms with E-state index < -0.39 is 20.1 Å². The van der Waals surface area contributed by atoms with Gasteiger partial charge in [-0.05, 0) is 79.9 Å². The summed E-state index contributed by atoms with van der Waals surface area (Å²) in [4.78, 5) is 6.97. The fourth-order valence-corrected chi connectivity index (χ4v) is 11.2. The van der Waals surface area contributed by atoms with Crippen molar-refractivity contribution >= 4 is 73.8 Å². The van der Waals surface area contributed by atoms with E-state index in [2.05, 4.69) is 199 Å². The van der Waals surface area contributed by atoms with Crippen LogP contribution in [-0.4, -0.2) is 13.1 Å². The van der Waals surface area contributed by atoms with Crippen LogP contribution in [0, 0.1) is 12.1 Å². The van der Waals surface area contributed by atoms with E-state index in [0.29, 0.717) is 0 Å². The number of aromatic nitrogens is 1. The number of anilines is 2. The second kappa shape index (κ2) is 18.5. The summed E-state index contributed by atoms with van der Waals surface area (Å²) < 4.78 is 15.2. The molecular formula is C62H50IrN3OSi. The van der Waals surface area contributed by atoms with Gasteiger partial charge in [-0.1, -0.05) is 190 Å².